The molecule has 0 saturated carbocycles. The van der Waals surface area contributed by atoms with E-state index in [9.17, 15) is 22.8 Å². The Morgan fingerprint density at radius 2 is 1.15 bits per heavy atom. The van der Waals surface area contributed by atoms with E-state index in [1.165, 1.54) is 70.6 Å². The number of allylic oxidation sites excluding steroid dienone is 2. The third-order valence-corrected chi connectivity index (χ3v) is 5.73. The number of hydrogen-bond acceptors (Lipinski definition) is 5. The van der Waals surface area contributed by atoms with Gasteiger partial charge in [-0.3, -0.25) is 18.9 Å². The van der Waals surface area contributed by atoms with Crippen LogP contribution in [0.2, 0.25) is 0 Å². The van der Waals surface area contributed by atoms with Crippen molar-refractivity contribution in [3.63, 3.8) is 0 Å². The summed E-state index contributed by atoms with van der Waals surface area (Å²) in [6.45, 7) is 2.26. The third kappa shape index (κ3) is 32.1. The molecule has 0 amide bonds. The molecule has 12 heteroatoms. The van der Waals surface area contributed by atoms with Crippen LogP contribution in [0.4, 0.5) is 0 Å². The van der Waals surface area contributed by atoms with E-state index in [-0.39, 0.29) is 62.0 Å². The van der Waals surface area contributed by atoms with Crippen LogP contribution >= 0.6 is 0 Å². The third-order valence-electron chi connectivity index (χ3n) is 4.65. The smallest absolute Gasteiger partial charge is 1.00 e. The number of hydrogen-bond donors (Lipinski definition) is 4. The fourth-order valence-electron chi connectivity index (χ4n) is 2.83. The molecule has 0 heterocycles. The summed E-state index contributed by atoms with van der Waals surface area (Å²) in [5.74, 6) is -4.16. The van der Waals surface area contributed by atoms with Gasteiger partial charge in [0.25, 0.3) is 10.1 Å². The molecule has 4 N–H and O–H groups in total. The monoisotopic (exact) mass is 528 g/mol. The molecule has 0 bridgehead atoms. The van der Waals surface area contributed by atoms with Crippen LogP contribution in [-0.4, -0.2) is 51.4 Å². The molecular formula is C22H42Na2O9S. The zero-order chi connectivity index (χ0) is 24.8. The van der Waals surface area contributed by atoms with E-state index in [4.69, 9.17) is 19.9 Å². The summed E-state index contributed by atoms with van der Waals surface area (Å²) in [5.41, 5.74) is 0. The molecule has 0 aliphatic rings. The minimum atomic E-state index is -4.84. The Labute approximate surface area is 251 Å². The molecular weight excluding hydrogens is 486 g/mol. The summed E-state index contributed by atoms with van der Waals surface area (Å²) in [7, 11) is -4.84. The Bertz CT molecular complexity index is 664. The number of aliphatic carboxylic acids is 3. The number of unbranched alkanes of at least 4 members (excludes halogenated alkanes) is 11. The first-order valence-corrected chi connectivity index (χ1v) is 12.8. The van der Waals surface area contributed by atoms with Gasteiger partial charge < -0.3 is 18.2 Å². The maximum atomic E-state index is 10.3. The van der Waals surface area contributed by atoms with Crippen LogP contribution in [-0.2, 0) is 24.5 Å². The van der Waals surface area contributed by atoms with E-state index >= 15 is 0 Å². The Kier molecular flexibility index (Phi) is 33.5. The van der Waals surface area contributed by atoms with E-state index in [0.29, 0.717) is 6.42 Å². The summed E-state index contributed by atoms with van der Waals surface area (Å²) in [4.78, 5) is 30.3. The van der Waals surface area contributed by atoms with Gasteiger partial charge in [0.2, 0.25) is 0 Å². The zero-order valence-corrected chi connectivity index (χ0v) is 25.9. The topological polar surface area (TPSA) is 166 Å². The van der Waals surface area contributed by atoms with Crippen LogP contribution in [0.25, 0.3) is 0 Å². The van der Waals surface area contributed by atoms with E-state index < -0.39 is 39.7 Å². The first-order chi connectivity index (χ1) is 15.0. The molecule has 0 aromatic carbocycles. The van der Waals surface area contributed by atoms with Crippen molar-refractivity contribution in [3.05, 3.63) is 12.2 Å². The standard InChI is InChI=1S/C18H34O2.C4H6O7S.2Na.2H/c1-2-3-4-5-6-7-8-9-10-11-12-13-14-15-16-17-18(19)20;5-3(6)1-2(4(7)8)12(9,10)11;;;;/h9-10H,2-8,11-17H2,1H3,(H,19,20);2H,1H2,(H,5,6)(H,7,8)(H,9,10,11);;;;/q;;2*+1;2*-1/b10-9-;;;;;. The predicted molar refractivity (Wildman–Crippen MR) is 125 cm³/mol. The van der Waals surface area contributed by atoms with Gasteiger partial charge in [0.05, 0.1) is 6.42 Å². The molecule has 1 unspecified atom stereocenters. The van der Waals surface area contributed by atoms with Crippen LogP contribution in [0.5, 0.6) is 0 Å². The maximum absolute atomic E-state index is 10.3. The second kappa shape index (κ2) is 27.6. The summed E-state index contributed by atoms with van der Waals surface area (Å²) >= 11 is 0. The quantitative estimate of drug-likeness (QED) is 0.0722. The summed E-state index contributed by atoms with van der Waals surface area (Å²) < 4.78 is 28.7. The molecule has 192 valence electrons. The van der Waals surface area contributed by atoms with Gasteiger partial charge in [0, 0.05) is 6.42 Å². The van der Waals surface area contributed by atoms with Gasteiger partial charge in [-0.2, -0.15) is 8.42 Å². The van der Waals surface area contributed by atoms with E-state index in [0.717, 1.165) is 12.8 Å². The molecule has 0 fully saturated rings. The van der Waals surface area contributed by atoms with E-state index in [1.54, 1.807) is 0 Å². The Hall–Kier alpha value is 0.0600. The minimum absolute atomic E-state index is 0. The molecule has 0 radical (unpaired) electrons. The number of rotatable bonds is 19. The largest absolute Gasteiger partial charge is 1.00 e. The summed E-state index contributed by atoms with van der Waals surface area (Å²) in [6, 6.07) is 0. The van der Waals surface area contributed by atoms with Crippen molar-refractivity contribution < 1.29 is 105 Å². The van der Waals surface area contributed by atoms with Crippen molar-refractivity contribution in [1.29, 1.82) is 0 Å². The van der Waals surface area contributed by atoms with Gasteiger partial charge in [-0.1, -0.05) is 70.4 Å². The molecule has 0 aromatic rings. The normalized spacial score (nSPS) is 11.5. The van der Waals surface area contributed by atoms with Gasteiger partial charge >= 0.3 is 77.0 Å². The van der Waals surface area contributed by atoms with Gasteiger partial charge in [-0.25, -0.2) is 0 Å². The van der Waals surface area contributed by atoms with Gasteiger partial charge in [0.15, 0.2) is 5.25 Å². The Balaban J connectivity index is -0.000000123. The SMILES string of the molecule is CCCCCCCC/C=C\CCCCCCCC(=O)O.O=C(O)CC(C(=O)O)S(=O)(=O)O.[H-].[H-].[Na+].[Na+]. The Morgan fingerprint density at radius 1 is 0.735 bits per heavy atom. The molecule has 1 atom stereocenters. The van der Waals surface area contributed by atoms with Crippen LogP contribution in [0, 0.1) is 0 Å². The molecule has 0 saturated heterocycles. The van der Waals surface area contributed by atoms with Crippen molar-refractivity contribution in [2.24, 2.45) is 0 Å². The van der Waals surface area contributed by atoms with Crippen molar-refractivity contribution in [2.75, 3.05) is 0 Å². The summed E-state index contributed by atoms with van der Waals surface area (Å²) in [6.07, 6.45) is 20.1. The van der Waals surface area contributed by atoms with Gasteiger partial charge in [-0.15, -0.1) is 0 Å². The second-order valence-electron chi connectivity index (χ2n) is 7.67. The van der Waals surface area contributed by atoms with Crippen LogP contribution in [0.3, 0.4) is 0 Å². The number of carbonyl (C=O) groups is 3. The molecule has 0 aliphatic heterocycles. The summed E-state index contributed by atoms with van der Waals surface area (Å²) in [5, 5.41) is 22.4. The van der Waals surface area contributed by atoms with E-state index in [1.807, 2.05) is 0 Å². The first kappa shape index (κ1) is 41.2. The van der Waals surface area contributed by atoms with Crippen molar-refractivity contribution in [2.45, 2.75) is 108 Å². The zero-order valence-electron chi connectivity index (χ0n) is 23.1. The van der Waals surface area contributed by atoms with E-state index in [2.05, 4.69) is 19.1 Å². The van der Waals surface area contributed by atoms with Crippen molar-refractivity contribution >= 4 is 28.0 Å². The molecule has 34 heavy (non-hydrogen) atoms. The minimum Gasteiger partial charge on any atom is -1.00 e. The predicted octanol–water partition coefficient (Wildman–Crippen LogP) is -0.856. The average molecular weight is 529 g/mol. The maximum Gasteiger partial charge on any atom is 1.00 e. The molecule has 0 aliphatic carbocycles. The van der Waals surface area contributed by atoms with Crippen LogP contribution in [0.1, 0.15) is 106 Å². The van der Waals surface area contributed by atoms with Gasteiger partial charge in [-0.05, 0) is 32.1 Å². The molecule has 0 aromatic heterocycles. The van der Waals surface area contributed by atoms with Crippen molar-refractivity contribution in [3.8, 4) is 0 Å². The molecule has 0 rings (SSSR count). The number of carboxylic acid groups (broad SMARTS) is 3. The number of carboxylic acids is 3. The van der Waals surface area contributed by atoms with Crippen molar-refractivity contribution in [1.82, 2.24) is 0 Å². The van der Waals surface area contributed by atoms with Crippen LogP contribution < -0.4 is 59.1 Å². The first-order valence-electron chi connectivity index (χ1n) is 11.3. The molecule has 9 nitrogen and oxygen atoms in total. The average Bonchev–Trinajstić information content (AvgIpc) is 2.68. The van der Waals surface area contributed by atoms with Crippen LogP contribution in [0.15, 0.2) is 12.2 Å². The Morgan fingerprint density at radius 3 is 1.47 bits per heavy atom. The second-order valence-corrected chi connectivity index (χ2v) is 9.27. The fourth-order valence-corrected chi connectivity index (χ4v) is 3.43. The molecule has 0 spiro atoms. The fraction of sp³-hybridized carbons (Fsp3) is 0.773. The van der Waals surface area contributed by atoms with Gasteiger partial charge in [0.1, 0.15) is 0 Å².